The average Bonchev–Trinajstić information content (AvgIpc) is 3.80. The number of carbonyl (C=O) groups excluding carboxylic acids is 1. The van der Waals surface area contributed by atoms with E-state index in [1.54, 1.807) is 35.1 Å². The van der Waals surface area contributed by atoms with Gasteiger partial charge in [0.15, 0.2) is 11.9 Å². The summed E-state index contributed by atoms with van der Waals surface area (Å²) in [6.45, 7) is 6.67. The molecule has 1 amide bonds. The zero-order valence-electron chi connectivity index (χ0n) is 30.6. The SMILES string of the molecule is C#CCOCCOCCOCCOCCOc1ccc(C(=O)N2CCCC3(C2)CN(c2nc(Cl)nc4c2cnn4C2CCC(COCP(=O)(O)O)O2)C3)cc1. The molecule has 3 fully saturated rings. The first kappa shape index (κ1) is 41.2. The van der Waals surface area contributed by atoms with Crippen molar-refractivity contribution in [2.75, 3.05) is 103 Å². The third-order valence-corrected chi connectivity index (χ3v) is 10.2. The molecule has 1 spiro atoms. The van der Waals surface area contributed by atoms with Gasteiger partial charge in [-0.05, 0) is 61.5 Å². The molecule has 2 atom stereocenters. The zero-order chi connectivity index (χ0) is 38.7. The molecule has 5 heterocycles. The quantitative estimate of drug-likeness (QED) is 0.0691. The number of benzene rings is 1. The lowest BCUT2D eigenvalue weighted by Crippen LogP contribution is -2.64. The van der Waals surface area contributed by atoms with Gasteiger partial charge in [-0.15, -0.1) is 6.42 Å². The Hall–Kier alpha value is -3.40. The minimum atomic E-state index is -4.25. The van der Waals surface area contributed by atoms with Crippen LogP contribution in [0, 0.1) is 17.8 Å². The van der Waals surface area contributed by atoms with Crippen LogP contribution >= 0.6 is 19.2 Å². The summed E-state index contributed by atoms with van der Waals surface area (Å²) >= 11 is 6.42. The number of hydrogen-bond donors (Lipinski definition) is 2. The summed E-state index contributed by atoms with van der Waals surface area (Å²) in [7, 11) is -4.25. The van der Waals surface area contributed by atoms with E-state index in [2.05, 4.69) is 25.9 Å². The van der Waals surface area contributed by atoms with Crippen LogP contribution < -0.4 is 9.64 Å². The number of fused-ring (bicyclic) bond motifs is 1. The number of aromatic nitrogens is 4. The highest BCUT2D eigenvalue weighted by Crippen LogP contribution is 2.43. The van der Waals surface area contributed by atoms with Crippen molar-refractivity contribution in [1.29, 1.82) is 0 Å². The molecule has 0 aliphatic carbocycles. The van der Waals surface area contributed by atoms with Gasteiger partial charge in [-0.3, -0.25) is 9.36 Å². The van der Waals surface area contributed by atoms with E-state index < -0.39 is 20.2 Å². The molecule has 3 aromatic rings. The Balaban J connectivity index is 0.920. The molecule has 19 heteroatoms. The van der Waals surface area contributed by atoms with Crippen LogP contribution in [-0.2, 0) is 33.0 Å². The number of hydrogen-bond acceptors (Lipinski definition) is 13. The fourth-order valence-electron chi connectivity index (χ4n) is 7.07. The molecule has 2 unspecified atom stereocenters. The Morgan fingerprint density at radius 1 is 0.964 bits per heavy atom. The van der Waals surface area contributed by atoms with Gasteiger partial charge < -0.3 is 52.7 Å². The summed E-state index contributed by atoms with van der Waals surface area (Å²) in [6.07, 6.45) is 8.57. The molecule has 3 aliphatic heterocycles. The first-order chi connectivity index (χ1) is 26.6. The molecule has 55 heavy (non-hydrogen) atoms. The molecule has 0 bridgehead atoms. The molecule has 2 N–H and O–H groups in total. The first-order valence-corrected chi connectivity index (χ1v) is 20.5. The fourth-order valence-corrected chi connectivity index (χ4v) is 7.57. The summed E-state index contributed by atoms with van der Waals surface area (Å²) in [6, 6.07) is 7.21. The summed E-state index contributed by atoms with van der Waals surface area (Å²) in [4.78, 5) is 44.8. The van der Waals surface area contributed by atoms with Gasteiger partial charge in [0.2, 0.25) is 5.28 Å². The minimum absolute atomic E-state index is 0.00853. The van der Waals surface area contributed by atoms with Crippen LogP contribution in [-0.4, -0.2) is 145 Å². The Bertz CT molecular complexity index is 1800. The van der Waals surface area contributed by atoms with Gasteiger partial charge >= 0.3 is 7.60 Å². The molecular formula is C36H48ClN6O11P. The van der Waals surface area contributed by atoms with Crippen LogP contribution in [0.25, 0.3) is 11.0 Å². The maximum atomic E-state index is 13.6. The van der Waals surface area contributed by atoms with Gasteiger partial charge in [0, 0.05) is 37.2 Å². The van der Waals surface area contributed by atoms with Gasteiger partial charge in [-0.1, -0.05) is 5.92 Å². The third kappa shape index (κ3) is 11.6. The maximum absolute atomic E-state index is 13.6. The number of rotatable bonds is 21. The van der Waals surface area contributed by atoms with Gasteiger partial charge in [-0.2, -0.15) is 15.1 Å². The summed E-state index contributed by atoms with van der Waals surface area (Å²) in [5, 5.41) is 5.39. The summed E-state index contributed by atoms with van der Waals surface area (Å²) in [5.74, 6) is 3.74. The number of carbonyl (C=O) groups is 1. The third-order valence-electron chi connectivity index (χ3n) is 9.53. The van der Waals surface area contributed by atoms with E-state index in [1.807, 2.05) is 4.90 Å². The van der Waals surface area contributed by atoms with Crippen molar-refractivity contribution < 1.29 is 52.3 Å². The van der Waals surface area contributed by atoms with Gasteiger partial charge in [0.1, 0.15) is 31.1 Å². The molecule has 2 aromatic heterocycles. The van der Waals surface area contributed by atoms with Crippen LogP contribution in [0.2, 0.25) is 5.28 Å². The first-order valence-electron chi connectivity index (χ1n) is 18.3. The largest absolute Gasteiger partial charge is 0.491 e. The number of ether oxygens (including phenoxy) is 7. The molecule has 0 saturated carbocycles. The standard InChI is InChI=1S/C36H48ClN6O11P/c1-2-12-48-13-14-49-15-16-50-17-18-51-19-20-53-28-6-4-27(5-7-28)34(44)41-11-3-10-36(23-41)24-42(25-36)32-30-21-38-43(33(30)40-35(37)39-32)31-9-8-29(54-31)22-52-26-55(45,46)47/h1,4-7,21,29,31H,3,8-20,22-26H2,(H2,45,46,47). The number of piperidine rings is 1. The maximum Gasteiger partial charge on any atom is 0.350 e. The lowest BCUT2D eigenvalue weighted by Gasteiger charge is -2.55. The van der Waals surface area contributed by atoms with Crippen molar-refractivity contribution in [2.24, 2.45) is 5.41 Å². The van der Waals surface area contributed by atoms with Crippen molar-refractivity contribution in [1.82, 2.24) is 24.6 Å². The second kappa shape index (κ2) is 19.6. The van der Waals surface area contributed by atoms with E-state index in [-0.39, 0.29) is 35.9 Å². The van der Waals surface area contributed by atoms with Crippen LogP contribution in [0.15, 0.2) is 30.5 Å². The van der Waals surface area contributed by atoms with E-state index in [4.69, 9.17) is 61.0 Å². The summed E-state index contributed by atoms with van der Waals surface area (Å²) in [5.41, 5.74) is 1.09. The number of nitrogens with zero attached hydrogens (tertiary/aromatic N) is 6. The minimum Gasteiger partial charge on any atom is -0.491 e. The predicted molar refractivity (Wildman–Crippen MR) is 200 cm³/mol. The number of terminal acetylenes is 1. The van der Waals surface area contributed by atoms with Crippen LogP contribution in [0.5, 0.6) is 5.75 Å². The van der Waals surface area contributed by atoms with Crippen molar-refractivity contribution in [3.05, 3.63) is 41.3 Å². The molecule has 0 radical (unpaired) electrons. The molecule has 1 aromatic carbocycles. The van der Waals surface area contributed by atoms with Gasteiger partial charge in [0.05, 0.1) is 70.5 Å². The van der Waals surface area contributed by atoms with Crippen LogP contribution in [0.3, 0.4) is 0 Å². The van der Waals surface area contributed by atoms with Gasteiger partial charge in [0.25, 0.3) is 5.91 Å². The average molecular weight is 807 g/mol. The summed E-state index contributed by atoms with van der Waals surface area (Å²) < 4.78 is 51.4. The number of likely N-dealkylation sites (tertiary alicyclic amines) is 1. The normalized spacial score (nSPS) is 19.5. The number of amides is 1. The van der Waals surface area contributed by atoms with Crippen LogP contribution in [0.1, 0.15) is 42.3 Å². The van der Waals surface area contributed by atoms with E-state index in [1.165, 1.54) is 0 Å². The van der Waals surface area contributed by atoms with Gasteiger partial charge in [-0.25, -0.2) is 4.68 Å². The van der Waals surface area contributed by atoms with Crippen LogP contribution in [0.4, 0.5) is 5.82 Å². The highest BCUT2D eigenvalue weighted by Gasteiger charge is 2.48. The highest BCUT2D eigenvalue weighted by molar-refractivity contribution is 7.51. The fraction of sp³-hybridized carbons (Fsp3) is 0.611. The van der Waals surface area contributed by atoms with E-state index in [0.29, 0.717) is 115 Å². The van der Waals surface area contributed by atoms with Crippen molar-refractivity contribution >= 4 is 42.0 Å². The Kier molecular flexibility index (Phi) is 14.7. The Labute approximate surface area is 324 Å². The van der Waals surface area contributed by atoms with Crippen molar-refractivity contribution in [3.63, 3.8) is 0 Å². The van der Waals surface area contributed by atoms with E-state index in [0.717, 1.165) is 18.2 Å². The molecule has 6 rings (SSSR count). The molecule has 300 valence electrons. The molecular weight excluding hydrogens is 759 g/mol. The smallest absolute Gasteiger partial charge is 0.350 e. The molecule has 17 nitrogen and oxygen atoms in total. The predicted octanol–water partition coefficient (Wildman–Crippen LogP) is 3.13. The van der Waals surface area contributed by atoms with Crippen molar-refractivity contribution in [2.45, 2.75) is 38.0 Å². The van der Waals surface area contributed by atoms with E-state index >= 15 is 0 Å². The second-order valence-corrected chi connectivity index (χ2v) is 15.7. The Morgan fingerprint density at radius 3 is 2.35 bits per heavy atom. The lowest BCUT2D eigenvalue weighted by molar-refractivity contribution is -0.0391. The Morgan fingerprint density at radius 2 is 1.65 bits per heavy atom. The highest BCUT2D eigenvalue weighted by atomic mass is 35.5. The number of anilines is 1. The zero-order valence-corrected chi connectivity index (χ0v) is 32.3. The van der Waals surface area contributed by atoms with E-state index in [9.17, 15) is 9.36 Å². The molecule has 3 aliphatic rings. The lowest BCUT2D eigenvalue weighted by atomic mass is 9.73. The topological polar surface area (TPSA) is 189 Å². The monoisotopic (exact) mass is 806 g/mol. The number of halogens is 1. The second-order valence-electron chi connectivity index (χ2n) is 13.8. The van der Waals surface area contributed by atoms with Crippen molar-refractivity contribution in [3.8, 4) is 18.1 Å². The molecule has 3 saturated heterocycles.